The van der Waals surface area contributed by atoms with Crippen LogP contribution in [0.25, 0.3) is 0 Å². The van der Waals surface area contributed by atoms with Crippen LogP contribution in [0.5, 0.6) is 0 Å². The van der Waals surface area contributed by atoms with E-state index in [1.54, 1.807) is 0 Å². The summed E-state index contributed by atoms with van der Waals surface area (Å²) in [4.78, 5) is 0. The minimum atomic E-state index is -0.0194. The smallest absolute Gasteiger partial charge is 0.0596 e. The van der Waals surface area contributed by atoms with Crippen LogP contribution in [0.2, 0.25) is 0 Å². The molecule has 0 aliphatic rings. The second-order valence-corrected chi connectivity index (χ2v) is 5.48. The zero-order chi connectivity index (χ0) is 13.3. The predicted octanol–water partition coefficient (Wildman–Crippen LogP) is 3.04. The molecule has 2 aromatic rings. The zero-order valence-corrected chi connectivity index (χ0v) is 12.5. The van der Waals surface area contributed by atoms with E-state index in [0.29, 0.717) is 0 Å². The van der Waals surface area contributed by atoms with Crippen LogP contribution in [-0.4, -0.2) is 9.78 Å². The van der Waals surface area contributed by atoms with Crippen LogP contribution in [-0.2, 0) is 13.5 Å². The van der Waals surface area contributed by atoms with E-state index in [-0.39, 0.29) is 6.04 Å². The van der Waals surface area contributed by atoms with Crippen molar-refractivity contribution in [1.29, 1.82) is 0 Å². The molecule has 0 amide bonds. The highest BCUT2D eigenvalue weighted by molar-refractivity contribution is 9.10. The molecule has 0 radical (unpaired) electrons. The third kappa shape index (κ3) is 2.65. The number of hydrogen-bond donors (Lipinski definition) is 1. The number of aryl methyl sites for hydroxylation is 3. The van der Waals surface area contributed by atoms with E-state index in [1.165, 1.54) is 5.56 Å². The third-order valence-electron chi connectivity index (χ3n) is 3.15. The van der Waals surface area contributed by atoms with Gasteiger partial charge in [-0.25, -0.2) is 0 Å². The number of hydrogen-bond acceptors (Lipinski definition) is 2. The lowest BCUT2D eigenvalue weighted by Crippen LogP contribution is -2.16. The summed E-state index contributed by atoms with van der Waals surface area (Å²) in [5.74, 6) is 0. The molecule has 2 N–H and O–H groups in total. The molecule has 3 nitrogen and oxygen atoms in total. The summed E-state index contributed by atoms with van der Waals surface area (Å²) in [6, 6.07) is 8.27. The maximum Gasteiger partial charge on any atom is 0.0596 e. The van der Waals surface area contributed by atoms with Crippen molar-refractivity contribution in [2.45, 2.75) is 26.3 Å². The molecule has 0 spiro atoms. The first-order valence-electron chi connectivity index (χ1n) is 5.99. The molecule has 2 rings (SSSR count). The lowest BCUT2D eigenvalue weighted by molar-refractivity contribution is 0.638. The molecule has 0 bridgehead atoms. The zero-order valence-electron chi connectivity index (χ0n) is 10.9. The normalized spacial score (nSPS) is 12.7. The Bertz CT molecular complexity index is 560. The average Bonchev–Trinajstić information content (AvgIpc) is 2.61. The first kappa shape index (κ1) is 13.3. The lowest BCUT2D eigenvalue weighted by atomic mass is 10.0. The van der Waals surface area contributed by atoms with E-state index < -0.39 is 0 Å². The fourth-order valence-electron chi connectivity index (χ4n) is 2.15. The summed E-state index contributed by atoms with van der Waals surface area (Å²) in [5.41, 5.74) is 10.9. The minimum absolute atomic E-state index is 0.0194. The summed E-state index contributed by atoms with van der Waals surface area (Å²) in [5, 5.41) is 4.35. The van der Waals surface area contributed by atoms with Crippen molar-refractivity contribution in [3.05, 3.63) is 51.3 Å². The lowest BCUT2D eigenvalue weighted by Gasteiger charge is -2.15. The van der Waals surface area contributed by atoms with Gasteiger partial charge in [-0.1, -0.05) is 34.1 Å². The van der Waals surface area contributed by atoms with Crippen LogP contribution < -0.4 is 5.73 Å². The maximum atomic E-state index is 6.30. The van der Waals surface area contributed by atoms with E-state index in [4.69, 9.17) is 5.73 Å². The van der Waals surface area contributed by atoms with Gasteiger partial charge >= 0.3 is 0 Å². The number of aromatic nitrogens is 2. The van der Waals surface area contributed by atoms with Crippen LogP contribution in [0.3, 0.4) is 0 Å². The Hall–Kier alpha value is -1.13. The van der Waals surface area contributed by atoms with Gasteiger partial charge in [0.1, 0.15) is 0 Å². The molecular weight excluding hydrogens is 290 g/mol. The van der Waals surface area contributed by atoms with Crippen LogP contribution in [0.15, 0.2) is 28.7 Å². The Morgan fingerprint density at radius 2 is 2.11 bits per heavy atom. The highest BCUT2D eigenvalue weighted by atomic mass is 79.9. The third-order valence-corrected chi connectivity index (χ3v) is 4.23. The fraction of sp³-hybridized carbons (Fsp3) is 0.357. The quantitative estimate of drug-likeness (QED) is 0.947. The van der Waals surface area contributed by atoms with Gasteiger partial charge in [0.05, 0.1) is 5.69 Å². The molecule has 1 heterocycles. The van der Waals surface area contributed by atoms with Gasteiger partial charge in [-0.15, -0.1) is 0 Å². The number of nitrogens with two attached hydrogens (primary N) is 1. The second-order valence-electron chi connectivity index (χ2n) is 4.69. The van der Waals surface area contributed by atoms with Gasteiger partial charge in [0.25, 0.3) is 0 Å². The van der Waals surface area contributed by atoms with Gasteiger partial charge in [-0.3, -0.25) is 4.68 Å². The number of rotatable bonds is 3. The van der Waals surface area contributed by atoms with Crippen LogP contribution in [0.4, 0.5) is 0 Å². The molecule has 96 valence electrons. The van der Waals surface area contributed by atoms with Gasteiger partial charge in [0.2, 0.25) is 0 Å². The Morgan fingerprint density at radius 3 is 2.72 bits per heavy atom. The monoisotopic (exact) mass is 307 g/mol. The largest absolute Gasteiger partial charge is 0.324 e. The number of nitrogens with zero attached hydrogens (tertiary/aromatic N) is 2. The average molecular weight is 308 g/mol. The molecule has 18 heavy (non-hydrogen) atoms. The van der Waals surface area contributed by atoms with Gasteiger partial charge in [0, 0.05) is 29.7 Å². The molecule has 1 atom stereocenters. The molecule has 4 heteroatoms. The summed E-state index contributed by atoms with van der Waals surface area (Å²) >= 11 is 3.62. The highest BCUT2D eigenvalue weighted by Crippen LogP contribution is 2.27. The van der Waals surface area contributed by atoms with E-state index in [9.17, 15) is 0 Å². The minimum Gasteiger partial charge on any atom is -0.324 e. The molecule has 1 aromatic carbocycles. The Labute approximate surface area is 116 Å². The standard InChI is InChI=1S/C14H18BrN3/c1-9-5-4-6-12(14(9)15)13(16)8-11-7-10(2)17-18(11)3/h4-7,13H,8,16H2,1-3H3. The number of benzene rings is 1. The summed E-state index contributed by atoms with van der Waals surface area (Å²) in [6.07, 6.45) is 0.791. The Balaban J connectivity index is 2.24. The van der Waals surface area contributed by atoms with Crippen LogP contribution >= 0.6 is 15.9 Å². The SMILES string of the molecule is Cc1cc(CC(N)c2cccc(C)c2Br)n(C)n1. The van der Waals surface area contributed by atoms with Crippen LogP contribution in [0.1, 0.15) is 28.6 Å². The summed E-state index contributed by atoms with van der Waals surface area (Å²) < 4.78 is 3.01. The molecule has 0 aliphatic heterocycles. The van der Waals surface area contributed by atoms with E-state index in [1.807, 2.05) is 24.7 Å². The molecule has 0 saturated carbocycles. The molecule has 0 fully saturated rings. The van der Waals surface area contributed by atoms with E-state index >= 15 is 0 Å². The maximum absolute atomic E-state index is 6.30. The summed E-state index contributed by atoms with van der Waals surface area (Å²) in [7, 11) is 1.96. The Morgan fingerprint density at radius 1 is 1.39 bits per heavy atom. The van der Waals surface area contributed by atoms with Gasteiger partial charge in [0.15, 0.2) is 0 Å². The van der Waals surface area contributed by atoms with E-state index in [0.717, 1.165) is 27.8 Å². The molecule has 1 aromatic heterocycles. The number of halogens is 1. The van der Waals surface area contributed by atoms with Crippen molar-refractivity contribution < 1.29 is 0 Å². The molecule has 0 aliphatic carbocycles. The van der Waals surface area contributed by atoms with Crippen molar-refractivity contribution in [3.8, 4) is 0 Å². The predicted molar refractivity (Wildman–Crippen MR) is 77.5 cm³/mol. The highest BCUT2D eigenvalue weighted by Gasteiger charge is 2.14. The van der Waals surface area contributed by atoms with Crippen LogP contribution in [0, 0.1) is 13.8 Å². The molecular formula is C14H18BrN3. The van der Waals surface area contributed by atoms with Gasteiger partial charge in [-0.2, -0.15) is 5.10 Å². The van der Waals surface area contributed by atoms with Crippen molar-refractivity contribution in [1.82, 2.24) is 9.78 Å². The Kier molecular flexibility index (Phi) is 3.88. The van der Waals surface area contributed by atoms with Gasteiger partial charge < -0.3 is 5.73 Å². The fourth-order valence-corrected chi connectivity index (χ4v) is 2.71. The van der Waals surface area contributed by atoms with E-state index in [2.05, 4.69) is 46.2 Å². The molecule has 1 unspecified atom stereocenters. The first-order valence-corrected chi connectivity index (χ1v) is 6.78. The van der Waals surface area contributed by atoms with Crippen molar-refractivity contribution in [2.75, 3.05) is 0 Å². The molecule has 0 saturated heterocycles. The van der Waals surface area contributed by atoms with Gasteiger partial charge in [-0.05, 0) is 31.0 Å². The van der Waals surface area contributed by atoms with Crippen molar-refractivity contribution in [2.24, 2.45) is 12.8 Å². The second kappa shape index (κ2) is 5.24. The summed E-state index contributed by atoms with van der Waals surface area (Å²) in [6.45, 7) is 4.08. The van der Waals surface area contributed by atoms with Crippen molar-refractivity contribution in [3.63, 3.8) is 0 Å². The van der Waals surface area contributed by atoms with Crippen molar-refractivity contribution >= 4 is 15.9 Å². The topological polar surface area (TPSA) is 43.8 Å². The first-order chi connectivity index (χ1) is 8.49.